The summed E-state index contributed by atoms with van der Waals surface area (Å²) in [5.41, 5.74) is 4.00. The Morgan fingerprint density at radius 1 is 1.38 bits per heavy atom. The minimum absolute atomic E-state index is 0.0187. The van der Waals surface area contributed by atoms with Gasteiger partial charge in [-0.25, -0.2) is 15.8 Å². The van der Waals surface area contributed by atoms with Gasteiger partial charge in [0.2, 0.25) is 0 Å². The van der Waals surface area contributed by atoms with Crippen molar-refractivity contribution >= 4 is 17.4 Å². The van der Waals surface area contributed by atoms with Crippen molar-refractivity contribution in [3.63, 3.8) is 0 Å². The molecular weight excluding hydrogens is 270 g/mol. The van der Waals surface area contributed by atoms with Crippen LogP contribution < -0.4 is 20.9 Å². The number of ether oxygens (including phenoxy) is 1. The molecule has 1 aliphatic heterocycles. The van der Waals surface area contributed by atoms with Crippen LogP contribution in [0, 0.1) is 6.92 Å². The normalized spacial score (nSPS) is 13.6. The third-order valence-electron chi connectivity index (χ3n) is 3.16. The highest BCUT2D eigenvalue weighted by Gasteiger charge is 2.26. The van der Waals surface area contributed by atoms with Gasteiger partial charge in [0.1, 0.15) is 11.6 Å². The topological polar surface area (TPSA) is 93.4 Å². The predicted octanol–water partition coefficient (Wildman–Crippen LogP) is 0.996. The van der Waals surface area contributed by atoms with Crippen molar-refractivity contribution in [1.29, 1.82) is 0 Å². The summed E-state index contributed by atoms with van der Waals surface area (Å²) in [7, 11) is 0. The molecule has 1 aromatic carbocycles. The largest absolute Gasteiger partial charge is 0.482 e. The fourth-order valence-electron chi connectivity index (χ4n) is 2.24. The number of para-hydroxylation sites is 2. The standard InChI is InChI=1S/C14H15N5O2/c1-9-6-12(18-15)17-13(16-9)7-19-10-4-2-3-5-11(10)21-8-14(19)20/h2-6H,7-8,15H2,1H3,(H,16,17,18). The summed E-state index contributed by atoms with van der Waals surface area (Å²) in [6.45, 7) is 2.14. The number of anilines is 2. The zero-order valence-corrected chi connectivity index (χ0v) is 11.5. The van der Waals surface area contributed by atoms with Gasteiger partial charge in [0, 0.05) is 11.8 Å². The molecule has 108 valence electrons. The minimum atomic E-state index is -0.124. The van der Waals surface area contributed by atoms with Crippen molar-refractivity contribution in [1.82, 2.24) is 9.97 Å². The molecule has 0 saturated heterocycles. The van der Waals surface area contributed by atoms with E-state index in [9.17, 15) is 4.79 Å². The maximum atomic E-state index is 12.1. The molecule has 0 spiro atoms. The van der Waals surface area contributed by atoms with E-state index >= 15 is 0 Å². The third-order valence-corrected chi connectivity index (χ3v) is 3.16. The Hall–Kier alpha value is -2.67. The van der Waals surface area contributed by atoms with Gasteiger partial charge in [-0.2, -0.15) is 0 Å². The van der Waals surface area contributed by atoms with E-state index in [4.69, 9.17) is 10.6 Å². The van der Waals surface area contributed by atoms with E-state index in [2.05, 4.69) is 15.4 Å². The number of carbonyl (C=O) groups is 1. The zero-order valence-electron chi connectivity index (χ0n) is 11.5. The molecular formula is C14H15N5O2. The first kappa shape index (κ1) is 13.3. The van der Waals surface area contributed by atoms with Gasteiger partial charge in [0.25, 0.3) is 5.91 Å². The molecule has 21 heavy (non-hydrogen) atoms. The number of nitrogen functional groups attached to an aromatic ring is 1. The molecule has 0 saturated carbocycles. The molecule has 1 aromatic heterocycles. The van der Waals surface area contributed by atoms with Crippen LogP contribution in [0.4, 0.5) is 11.5 Å². The Bertz CT molecular complexity index is 689. The van der Waals surface area contributed by atoms with Crippen LogP contribution in [0.5, 0.6) is 5.75 Å². The Kier molecular flexibility index (Phi) is 3.41. The second kappa shape index (κ2) is 5.37. The van der Waals surface area contributed by atoms with E-state index in [1.54, 1.807) is 11.0 Å². The number of benzene rings is 1. The van der Waals surface area contributed by atoms with Crippen molar-refractivity contribution in [2.24, 2.45) is 5.84 Å². The molecule has 3 rings (SSSR count). The van der Waals surface area contributed by atoms with E-state index in [-0.39, 0.29) is 19.1 Å². The molecule has 2 heterocycles. The van der Waals surface area contributed by atoms with Gasteiger partial charge < -0.3 is 10.2 Å². The molecule has 0 unspecified atom stereocenters. The highest BCUT2D eigenvalue weighted by molar-refractivity contribution is 5.97. The van der Waals surface area contributed by atoms with E-state index in [1.165, 1.54) is 0 Å². The summed E-state index contributed by atoms with van der Waals surface area (Å²) >= 11 is 0. The summed E-state index contributed by atoms with van der Waals surface area (Å²) in [5.74, 6) is 6.98. The van der Waals surface area contributed by atoms with Gasteiger partial charge in [-0.3, -0.25) is 9.69 Å². The average molecular weight is 285 g/mol. The fourth-order valence-corrected chi connectivity index (χ4v) is 2.24. The zero-order chi connectivity index (χ0) is 14.8. The molecule has 0 atom stereocenters. The second-order valence-electron chi connectivity index (χ2n) is 4.69. The number of hydrazine groups is 1. The van der Waals surface area contributed by atoms with E-state index in [1.807, 2.05) is 31.2 Å². The quantitative estimate of drug-likeness (QED) is 0.645. The molecule has 0 bridgehead atoms. The van der Waals surface area contributed by atoms with Crippen LogP contribution in [0.3, 0.4) is 0 Å². The number of carbonyl (C=O) groups excluding carboxylic acids is 1. The summed E-state index contributed by atoms with van der Waals surface area (Å²) in [5, 5.41) is 0. The number of fused-ring (bicyclic) bond motifs is 1. The highest BCUT2D eigenvalue weighted by Crippen LogP contribution is 2.32. The average Bonchev–Trinajstić information content (AvgIpc) is 2.49. The maximum Gasteiger partial charge on any atom is 0.265 e. The lowest BCUT2D eigenvalue weighted by Crippen LogP contribution is -2.38. The molecule has 1 amide bonds. The second-order valence-corrected chi connectivity index (χ2v) is 4.69. The molecule has 0 aliphatic carbocycles. The number of aromatic nitrogens is 2. The lowest BCUT2D eigenvalue weighted by molar-refractivity contribution is -0.121. The number of hydrogen-bond acceptors (Lipinski definition) is 6. The summed E-state index contributed by atoms with van der Waals surface area (Å²) in [6, 6.07) is 9.13. The Morgan fingerprint density at radius 2 is 2.19 bits per heavy atom. The first-order valence-electron chi connectivity index (χ1n) is 6.51. The smallest absolute Gasteiger partial charge is 0.265 e. The van der Waals surface area contributed by atoms with Gasteiger partial charge in [-0.1, -0.05) is 12.1 Å². The minimum Gasteiger partial charge on any atom is -0.482 e. The van der Waals surface area contributed by atoms with Crippen LogP contribution in [0.15, 0.2) is 30.3 Å². The summed E-state index contributed by atoms with van der Waals surface area (Å²) < 4.78 is 5.41. The van der Waals surface area contributed by atoms with Crippen molar-refractivity contribution in [2.45, 2.75) is 13.5 Å². The Labute approximate surface area is 121 Å². The number of rotatable bonds is 3. The van der Waals surface area contributed by atoms with E-state index in [0.29, 0.717) is 17.4 Å². The third kappa shape index (κ3) is 2.63. The van der Waals surface area contributed by atoms with E-state index < -0.39 is 0 Å². The van der Waals surface area contributed by atoms with Crippen molar-refractivity contribution < 1.29 is 9.53 Å². The maximum absolute atomic E-state index is 12.1. The molecule has 2 aromatic rings. The lowest BCUT2D eigenvalue weighted by Gasteiger charge is -2.28. The number of nitrogens with one attached hydrogen (secondary N) is 1. The van der Waals surface area contributed by atoms with Crippen LogP contribution in [0.1, 0.15) is 11.5 Å². The van der Waals surface area contributed by atoms with Gasteiger partial charge in [0.15, 0.2) is 12.4 Å². The van der Waals surface area contributed by atoms with Gasteiger partial charge in [-0.05, 0) is 19.1 Å². The molecule has 0 radical (unpaired) electrons. The lowest BCUT2D eigenvalue weighted by atomic mass is 10.2. The number of amides is 1. The van der Waals surface area contributed by atoms with Crippen LogP contribution in [-0.4, -0.2) is 22.5 Å². The highest BCUT2D eigenvalue weighted by atomic mass is 16.5. The van der Waals surface area contributed by atoms with Crippen molar-refractivity contribution in [3.05, 3.63) is 41.9 Å². The first-order chi connectivity index (χ1) is 10.2. The van der Waals surface area contributed by atoms with Crippen LogP contribution in [0.25, 0.3) is 0 Å². The Balaban J connectivity index is 1.94. The predicted molar refractivity (Wildman–Crippen MR) is 77.7 cm³/mol. The fraction of sp³-hybridized carbons (Fsp3) is 0.214. The van der Waals surface area contributed by atoms with Gasteiger partial charge in [0.05, 0.1) is 12.2 Å². The molecule has 1 aliphatic rings. The monoisotopic (exact) mass is 285 g/mol. The Morgan fingerprint density at radius 3 is 3.00 bits per heavy atom. The van der Waals surface area contributed by atoms with Gasteiger partial charge in [-0.15, -0.1) is 0 Å². The van der Waals surface area contributed by atoms with Crippen LogP contribution in [0.2, 0.25) is 0 Å². The number of nitrogens with two attached hydrogens (primary N) is 1. The molecule has 0 fully saturated rings. The number of nitrogens with zero attached hydrogens (tertiary/aromatic N) is 3. The summed E-state index contributed by atoms with van der Waals surface area (Å²) in [6.07, 6.45) is 0. The van der Waals surface area contributed by atoms with Crippen LogP contribution in [-0.2, 0) is 11.3 Å². The molecule has 7 nitrogen and oxygen atoms in total. The number of hydrogen-bond donors (Lipinski definition) is 2. The van der Waals surface area contributed by atoms with Crippen molar-refractivity contribution in [2.75, 3.05) is 16.9 Å². The number of aryl methyl sites for hydroxylation is 1. The van der Waals surface area contributed by atoms with Crippen LogP contribution >= 0.6 is 0 Å². The SMILES string of the molecule is Cc1cc(NN)nc(CN2C(=O)COc3ccccc32)n1. The van der Waals surface area contributed by atoms with E-state index in [0.717, 1.165) is 11.4 Å². The molecule has 7 heteroatoms. The van der Waals surface area contributed by atoms with Gasteiger partial charge >= 0.3 is 0 Å². The first-order valence-corrected chi connectivity index (χ1v) is 6.51. The molecule has 3 N–H and O–H groups in total. The summed E-state index contributed by atoms with van der Waals surface area (Å²) in [4.78, 5) is 22.3. The van der Waals surface area contributed by atoms with Crippen molar-refractivity contribution in [3.8, 4) is 5.75 Å².